The number of rotatable bonds is 5. The maximum atomic E-state index is 12.2. The number of likely N-dealkylation sites (tertiary alicyclic amines) is 1. The molecule has 3 rings (SSSR count). The Morgan fingerprint density at radius 3 is 2.70 bits per heavy atom. The lowest BCUT2D eigenvalue weighted by atomic mass is 10.0. The summed E-state index contributed by atoms with van der Waals surface area (Å²) in [5, 5.41) is 2.12. The predicted molar refractivity (Wildman–Crippen MR) is 106 cm³/mol. The van der Waals surface area contributed by atoms with E-state index >= 15 is 0 Å². The fourth-order valence-electron chi connectivity index (χ4n) is 3.37. The van der Waals surface area contributed by atoms with Gasteiger partial charge in [0, 0.05) is 18.7 Å². The van der Waals surface area contributed by atoms with Crippen LogP contribution in [0.1, 0.15) is 31.7 Å². The Morgan fingerprint density at radius 2 is 1.93 bits per heavy atom. The number of nitrogens with zero attached hydrogens (tertiary/aromatic N) is 1. The van der Waals surface area contributed by atoms with Gasteiger partial charge in [0.15, 0.2) is 6.61 Å². The molecule has 2 aromatic rings. The van der Waals surface area contributed by atoms with Gasteiger partial charge in [0.25, 0.3) is 5.91 Å². The first kappa shape index (κ1) is 19.0. The van der Waals surface area contributed by atoms with Gasteiger partial charge in [0.2, 0.25) is 0 Å². The minimum Gasteiger partial charge on any atom is -0.497 e. The van der Waals surface area contributed by atoms with E-state index in [0.717, 1.165) is 47.9 Å². The molecule has 5 nitrogen and oxygen atoms in total. The molecule has 0 bridgehead atoms. The van der Waals surface area contributed by atoms with Crippen LogP contribution in [0.5, 0.6) is 5.75 Å². The molecule has 1 aliphatic rings. The van der Waals surface area contributed by atoms with Crippen LogP contribution >= 0.6 is 0 Å². The van der Waals surface area contributed by atoms with Gasteiger partial charge in [-0.2, -0.15) is 0 Å². The highest BCUT2D eigenvalue weighted by Gasteiger charge is 2.23. The van der Waals surface area contributed by atoms with Crippen molar-refractivity contribution in [3.05, 3.63) is 48.0 Å². The van der Waals surface area contributed by atoms with E-state index in [9.17, 15) is 9.59 Å². The molecule has 1 aliphatic heterocycles. The second-order valence-corrected chi connectivity index (χ2v) is 6.85. The molecule has 0 N–H and O–H groups in total. The minimum atomic E-state index is -0.511. The van der Waals surface area contributed by atoms with Crippen molar-refractivity contribution >= 4 is 28.7 Å². The van der Waals surface area contributed by atoms with Crippen molar-refractivity contribution in [1.29, 1.82) is 0 Å². The summed E-state index contributed by atoms with van der Waals surface area (Å²) in [5.74, 6) is 0.175. The lowest BCUT2D eigenvalue weighted by Gasteiger charge is -2.33. The van der Waals surface area contributed by atoms with Gasteiger partial charge in [0.05, 0.1) is 7.11 Å². The molecule has 1 atom stereocenters. The number of hydrogen-bond donors (Lipinski definition) is 0. The van der Waals surface area contributed by atoms with E-state index < -0.39 is 5.97 Å². The van der Waals surface area contributed by atoms with Crippen molar-refractivity contribution in [2.75, 3.05) is 20.3 Å². The van der Waals surface area contributed by atoms with Crippen LogP contribution in [0.4, 0.5) is 0 Å². The quantitative estimate of drug-likeness (QED) is 0.596. The van der Waals surface area contributed by atoms with Crippen LogP contribution in [0.25, 0.3) is 16.8 Å². The van der Waals surface area contributed by atoms with E-state index in [4.69, 9.17) is 9.47 Å². The van der Waals surface area contributed by atoms with Crippen LogP contribution in [-0.2, 0) is 14.3 Å². The topological polar surface area (TPSA) is 55.8 Å². The third-order valence-corrected chi connectivity index (χ3v) is 4.94. The molecule has 0 saturated carbocycles. The largest absolute Gasteiger partial charge is 0.497 e. The van der Waals surface area contributed by atoms with Crippen LogP contribution in [-0.4, -0.2) is 43.1 Å². The summed E-state index contributed by atoms with van der Waals surface area (Å²) in [7, 11) is 1.64. The lowest BCUT2D eigenvalue weighted by molar-refractivity contribution is -0.149. The number of ether oxygens (including phenoxy) is 2. The Labute approximate surface area is 159 Å². The van der Waals surface area contributed by atoms with Crippen LogP contribution in [0.2, 0.25) is 0 Å². The molecule has 0 spiro atoms. The number of amides is 1. The average molecular weight is 367 g/mol. The van der Waals surface area contributed by atoms with E-state index in [2.05, 4.69) is 0 Å². The number of piperidine rings is 1. The second kappa shape index (κ2) is 8.71. The normalized spacial score (nSPS) is 17.3. The highest BCUT2D eigenvalue weighted by Crippen LogP contribution is 2.22. The van der Waals surface area contributed by atoms with Crippen molar-refractivity contribution in [2.45, 2.75) is 32.2 Å². The Bertz CT molecular complexity index is 859. The molecule has 27 heavy (non-hydrogen) atoms. The van der Waals surface area contributed by atoms with Crippen LogP contribution in [0, 0.1) is 0 Å². The first-order chi connectivity index (χ1) is 13.1. The summed E-state index contributed by atoms with van der Waals surface area (Å²) in [4.78, 5) is 25.9. The van der Waals surface area contributed by atoms with Gasteiger partial charge >= 0.3 is 5.97 Å². The Morgan fingerprint density at radius 1 is 1.15 bits per heavy atom. The highest BCUT2D eigenvalue weighted by molar-refractivity contribution is 5.91. The molecule has 1 saturated heterocycles. The van der Waals surface area contributed by atoms with Crippen LogP contribution in [0.15, 0.2) is 42.5 Å². The second-order valence-electron chi connectivity index (χ2n) is 6.85. The number of esters is 1. The van der Waals surface area contributed by atoms with Crippen molar-refractivity contribution in [2.24, 2.45) is 0 Å². The molecule has 0 radical (unpaired) electrons. The predicted octanol–water partition coefficient (Wildman–Crippen LogP) is 3.81. The van der Waals surface area contributed by atoms with Gasteiger partial charge in [-0.1, -0.05) is 18.2 Å². The lowest BCUT2D eigenvalue weighted by Crippen LogP contribution is -2.44. The molecule has 2 aromatic carbocycles. The number of methoxy groups -OCH3 is 1. The SMILES string of the molecule is COc1ccc2cc(/C=C/C(=O)OCC(=O)N3CCCC[C@@H]3C)ccc2c1. The molecule has 1 fully saturated rings. The van der Waals surface area contributed by atoms with Gasteiger partial charge in [-0.15, -0.1) is 0 Å². The van der Waals surface area contributed by atoms with Crippen molar-refractivity contribution in [3.8, 4) is 5.75 Å². The first-order valence-corrected chi connectivity index (χ1v) is 9.29. The zero-order valence-corrected chi connectivity index (χ0v) is 15.8. The Hall–Kier alpha value is -2.82. The summed E-state index contributed by atoms with van der Waals surface area (Å²) >= 11 is 0. The van der Waals surface area contributed by atoms with E-state index in [-0.39, 0.29) is 18.6 Å². The van der Waals surface area contributed by atoms with Crippen molar-refractivity contribution < 1.29 is 19.1 Å². The van der Waals surface area contributed by atoms with Crippen LogP contribution in [0.3, 0.4) is 0 Å². The van der Waals surface area contributed by atoms with Crippen molar-refractivity contribution in [1.82, 2.24) is 4.90 Å². The smallest absolute Gasteiger partial charge is 0.331 e. The van der Waals surface area contributed by atoms with Crippen LogP contribution < -0.4 is 4.74 Å². The van der Waals surface area contributed by atoms with Crippen molar-refractivity contribution in [3.63, 3.8) is 0 Å². The van der Waals surface area contributed by atoms with Gasteiger partial charge in [-0.25, -0.2) is 4.79 Å². The van der Waals surface area contributed by atoms with Gasteiger partial charge in [0.1, 0.15) is 5.75 Å². The zero-order chi connectivity index (χ0) is 19.2. The van der Waals surface area contributed by atoms with E-state index in [0.29, 0.717) is 0 Å². The summed E-state index contributed by atoms with van der Waals surface area (Å²) in [5.41, 5.74) is 0.889. The number of carbonyl (C=O) groups excluding carboxylic acids is 2. The van der Waals surface area contributed by atoms with E-state index in [1.54, 1.807) is 18.1 Å². The third kappa shape index (κ3) is 4.88. The van der Waals surface area contributed by atoms with Gasteiger partial charge < -0.3 is 14.4 Å². The number of carbonyl (C=O) groups is 2. The third-order valence-electron chi connectivity index (χ3n) is 4.94. The first-order valence-electron chi connectivity index (χ1n) is 9.29. The summed E-state index contributed by atoms with van der Waals surface area (Å²) in [6.45, 7) is 2.58. The number of fused-ring (bicyclic) bond motifs is 1. The highest BCUT2D eigenvalue weighted by atomic mass is 16.5. The van der Waals surface area contributed by atoms with E-state index in [1.165, 1.54) is 6.08 Å². The molecule has 5 heteroatoms. The maximum absolute atomic E-state index is 12.2. The van der Waals surface area contributed by atoms with Gasteiger partial charge in [-0.05, 0) is 66.8 Å². The Kier molecular flexibility index (Phi) is 6.12. The molecule has 1 heterocycles. The fourth-order valence-corrected chi connectivity index (χ4v) is 3.37. The standard InChI is InChI=1S/C22H25NO4/c1-16-5-3-4-12-23(16)21(24)15-27-22(25)11-7-17-6-8-19-14-20(26-2)10-9-18(19)13-17/h6-11,13-14,16H,3-5,12,15H2,1-2H3/b11-7+/t16-/m0/s1. The number of benzene rings is 2. The molecule has 142 valence electrons. The molecule has 0 unspecified atom stereocenters. The number of hydrogen-bond acceptors (Lipinski definition) is 4. The molecule has 0 aliphatic carbocycles. The fraction of sp³-hybridized carbons (Fsp3) is 0.364. The molecule has 0 aromatic heterocycles. The minimum absolute atomic E-state index is 0.122. The summed E-state index contributed by atoms with van der Waals surface area (Å²) in [6, 6.07) is 11.9. The van der Waals surface area contributed by atoms with Gasteiger partial charge in [-0.3, -0.25) is 4.79 Å². The molecule has 1 amide bonds. The maximum Gasteiger partial charge on any atom is 0.331 e. The zero-order valence-electron chi connectivity index (χ0n) is 15.8. The molecular weight excluding hydrogens is 342 g/mol. The molecular formula is C22H25NO4. The summed E-state index contributed by atoms with van der Waals surface area (Å²) < 4.78 is 10.3. The summed E-state index contributed by atoms with van der Waals surface area (Å²) in [6.07, 6.45) is 6.22. The average Bonchev–Trinajstić information content (AvgIpc) is 2.70. The van der Waals surface area contributed by atoms with E-state index in [1.807, 2.05) is 43.3 Å². The Balaban J connectivity index is 1.56. The monoisotopic (exact) mass is 367 g/mol.